The SMILES string of the molecule is CN[C@@H]1CCN(c2ccc3[nH]ccc3c2)c2ccccc21. The standard InChI is InChI=1S/C18H19N3/c1-19-17-9-11-21(18-5-3-2-4-15(17)18)14-6-7-16-13(12-14)8-10-20-16/h2-8,10,12,17,19-20H,9,11H2,1H3/t17-/m1/s1. The highest BCUT2D eigenvalue weighted by molar-refractivity contribution is 5.85. The predicted octanol–water partition coefficient (Wildman–Crippen LogP) is 3.97. The van der Waals surface area contributed by atoms with Crippen molar-refractivity contribution in [3.05, 3.63) is 60.3 Å². The Balaban J connectivity index is 1.81. The molecule has 2 N–H and O–H groups in total. The summed E-state index contributed by atoms with van der Waals surface area (Å²) in [6, 6.07) is 17.9. The van der Waals surface area contributed by atoms with Gasteiger partial charge in [0.15, 0.2) is 0 Å². The topological polar surface area (TPSA) is 31.1 Å². The fraction of sp³-hybridized carbons (Fsp3) is 0.222. The first kappa shape index (κ1) is 12.5. The van der Waals surface area contributed by atoms with Gasteiger partial charge in [-0.1, -0.05) is 18.2 Å². The number of hydrogen-bond donors (Lipinski definition) is 2. The van der Waals surface area contributed by atoms with Crippen molar-refractivity contribution in [1.29, 1.82) is 0 Å². The van der Waals surface area contributed by atoms with Gasteiger partial charge in [0.25, 0.3) is 0 Å². The van der Waals surface area contributed by atoms with Crippen LogP contribution in [0.3, 0.4) is 0 Å². The van der Waals surface area contributed by atoms with Crippen molar-refractivity contribution in [2.75, 3.05) is 18.5 Å². The summed E-state index contributed by atoms with van der Waals surface area (Å²) >= 11 is 0. The van der Waals surface area contributed by atoms with Gasteiger partial charge in [-0.15, -0.1) is 0 Å². The summed E-state index contributed by atoms with van der Waals surface area (Å²) in [5.74, 6) is 0. The van der Waals surface area contributed by atoms with E-state index in [1.54, 1.807) is 0 Å². The van der Waals surface area contributed by atoms with Gasteiger partial charge in [0.2, 0.25) is 0 Å². The molecule has 2 aromatic carbocycles. The second kappa shape index (κ2) is 4.93. The Morgan fingerprint density at radius 1 is 1.14 bits per heavy atom. The Bertz CT molecular complexity index is 775. The maximum Gasteiger partial charge on any atom is 0.0459 e. The summed E-state index contributed by atoms with van der Waals surface area (Å²) in [7, 11) is 2.04. The van der Waals surface area contributed by atoms with E-state index >= 15 is 0 Å². The van der Waals surface area contributed by atoms with Gasteiger partial charge >= 0.3 is 0 Å². The predicted molar refractivity (Wildman–Crippen MR) is 88.2 cm³/mol. The molecule has 0 spiro atoms. The third-order valence-corrected chi connectivity index (χ3v) is 4.44. The monoisotopic (exact) mass is 277 g/mol. The van der Waals surface area contributed by atoms with Crippen molar-refractivity contribution >= 4 is 22.3 Å². The van der Waals surface area contributed by atoms with Crippen LogP contribution in [0.4, 0.5) is 11.4 Å². The van der Waals surface area contributed by atoms with Crippen molar-refractivity contribution < 1.29 is 0 Å². The number of benzene rings is 2. The fourth-order valence-corrected chi connectivity index (χ4v) is 3.34. The van der Waals surface area contributed by atoms with E-state index in [9.17, 15) is 0 Å². The molecule has 0 radical (unpaired) electrons. The lowest BCUT2D eigenvalue weighted by molar-refractivity contribution is 0.534. The molecule has 2 heterocycles. The van der Waals surface area contributed by atoms with Gasteiger partial charge in [-0.3, -0.25) is 0 Å². The van der Waals surface area contributed by atoms with Crippen LogP contribution in [0.1, 0.15) is 18.0 Å². The molecule has 21 heavy (non-hydrogen) atoms. The summed E-state index contributed by atoms with van der Waals surface area (Å²) in [4.78, 5) is 5.68. The third kappa shape index (κ3) is 2.01. The molecule has 3 heteroatoms. The van der Waals surface area contributed by atoms with Crippen molar-refractivity contribution in [2.24, 2.45) is 0 Å². The van der Waals surface area contributed by atoms with Crippen LogP contribution in [0.25, 0.3) is 10.9 Å². The van der Waals surface area contributed by atoms with E-state index in [0.29, 0.717) is 6.04 Å². The lowest BCUT2D eigenvalue weighted by Crippen LogP contribution is -2.31. The molecule has 3 nitrogen and oxygen atoms in total. The van der Waals surface area contributed by atoms with E-state index in [0.717, 1.165) is 13.0 Å². The highest BCUT2D eigenvalue weighted by Gasteiger charge is 2.24. The van der Waals surface area contributed by atoms with Crippen LogP contribution in [-0.2, 0) is 0 Å². The Hall–Kier alpha value is -2.26. The molecule has 4 rings (SSSR count). The van der Waals surface area contributed by atoms with Crippen LogP contribution in [0.2, 0.25) is 0 Å². The van der Waals surface area contributed by atoms with Crippen molar-refractivity contribution in [2.45, 2.75) is 12.5 Å². The molecule has 0 aliphatic carbocycles. The van der Waals surface area contributed by atoms with Gasteiger partial charge in [-0.2, -0.15) is 0 Å². The van der Waals surface area contributed by atoms with E-state index in [2.05, 4.69) is 63.7 Å². The maximum atomic E-state index is 3.43. The molecular formula is C18H19N3. The molecule has 0 unspecified atom stereocenters. The number of aromatic amines is 1. The number of fused-ring (bicyclic) bond motifs is 2. The van der Waals surface area contributed by atoms with E-state index in [4.69, 9.17) is 0 Å². The Morgan fingerprint density at radius 3 is 2.95 bits per heavy atom. The number of para-hydroxylation sites is 1. The van der Waals surface area contributed by atoms with Crippen LogP contribution in [0.15, 0.2) is 54.7 Å². The molecule has 0 saturated carbocycles. The Morgan fingerprint density at radius 2 is 2.05 bits per heavy atom. The van der Waals surface area contributed by atoms with Gasteiger partial charge in [0, 0.05) is 41.1 Å². The van der Waals surface area contributed by atoms with Gasteiger partial charge in [0.1, 0.15) is 0 Å². The number of nitrogens with one attached hydrogen (secondary N) is 2. The van der Waals surface area contributed by atoms with Gasteiger partial charge < -0.3 is 15.2 Å². The van der Waals surface area contributed by atoms with Gasteiger partial charge in [-0.25, -0.2) is 0 Å². The van der Waals surface area contributed by atoms with Crippen LogP contribution >= 0.6 is 0 Å². The minimum atomic E-state index is 0.452. The van der Waals surface area contributed by atoms with Gasteiger partial charge in [0.05, 0.1) is 0 Å². The molecular weight excluding hydrogens is 258 g/mol. The average Bonchev–Trinajstić information content (AvgIpc) is 3.01. The molecule has 1 aliphatic heterocycles. The highest BCUT2D eigenvalue weighted by Crippen LogP contribution is 2.38. The summed E-state index contributed by atoms with van der Waals surface area (Å²) in [5, 5.41) is 4.69. The smallest absolute Gasteiger partial charge is 0.0459 e. The summed E-state index contributed by atoms with van der Waals surface area (Å²) in [5.41, 5.74) is 5.17. The second-order valence-electron chi connectivity index (χ2n) is 5.59. The van der Waals surface area contributed by atoms with Crippen LogP contribution in [-0.4, -0.2) is 18.6 Å². The van der Waals surface area contributed by atoms with Crippen molar-refractivity contribution in [3.8, 4) is 0 Å². The minimum absolute atomic E-state index is 0.452. The molecule has 0 bridgehead atoms. The minimum Gasteiger partial charge on any atom is -0.361 e. The van der Waals surface area contributed by atoms with Gasteiger partial charge in [-0.05, 0) is 49.4 Å². The molecule has 1 atom stereocenters. The normalized spacial score (nSPS) is 18.0. The van der Waals surface area contributed by atoms with E-state index in [-0.39, 0.29) is 0 Å². The molecule has 3 aromatic rings. The number of nitrogens with zero attached hydrogens (tertiary/aromatic N) is 1. The molecule has 0 fully saturated rings. The zero-order valence-corrected chi connectivity index (χ0v) is 12.1. The highest BCUT2D eigenvalue weighted by atomic mass is 15.2. The van der Waals surface area contributed by atoms with Crippen molar-refractivity contribution in [1.82, 2.24) is 10.3 Å². The molecule has 0 saturated heterocycles. The summed E-state index contributed by atoms with van der Waals surface area (Å²) in [6.45, 7) is 1.04. The quantitative estimate of drug-likeness (QED) is 0.742. The third-order valence-electron chi connectivity index (χ3n) is 4.44. The zero-order valence-electron chi connectivity index (χ0n) is 12.1. The number of hydrogen-bond acceptors (Lipinski definition) is 2. The molecule has 106 valence electrons. The summed E-state index contributed by atoms with van der Waals surface area (Å²) in [6.07, 6.45) is 3.12. The maximum absolute atomic E-state index is 3.43. The number of aromatic nitrogens is 1. The molecule has 1 aromatic heterocycles. The average molecular weight is 277 g/mol. The van der Waals surface area contributed by atoms with Crippen LogP contribution in [0.5, 0.6) is 0 Å². The van der Waals surface area contributed by atoms with Crippen LogP contribution in [0, 0.1) is 0 Å². The first-order chi connectivity index (χ1) is 10.4. The fourth-order valence-electron chi connectivity index (χ4n) is 3.34. The summed E-state index contributed by atoms with van der Waals surface area (Å²) < 4.78 is 0. The Kier molecular flexibility index (Phi) is 2.93. The number of H-pyrrole nitrogens is 1. The molecule has 1 aliphatic rings. The largest absolute Gasteiger partial charge is 0.361 e. The van der Waals surface area contributed by atoms with E-state index in [1.165, 1.54) is 27.8 Å². The number of anilines is 2. The second-order valence-corrected chi connectivity index (χ2v) is 5.59. The number of rotatable bonds is 2. The van der Waals surface area contributed by atoms with Crippen molar-refractivity contribution in [3.63, 3.8) is 0 Å². The zero-order chi connectivity index (χ0) is 14.2. The van der Waals surface area contributed by atoms with Crippen LogP contribution < -0.4 is 10.2 Å². The van der Waals surface area contributed by atoms with E-state index in [1.807, 2.05) is 13.2 Å². The lowest BCUT2D eigenvalue weighted by atomic mass is 9.96. The van der Waals surface area contributed by atoms with E-state index < -0.39 is 0 Å². The first-order valence-electron chi connectivity index (χ1n) is 7.48. The Labute approximate surface area is 124 Å². The lowest BCUT2D eigenvalue weighted by Gasteiger charge is -2.35. The molecule has 0 amide bonds. The first-order valence-corrected chi connectivity index (χ1v) is 7.48.